The first kappa shape index (κ1) is 23.0. The summed E-state index contributed by atoms with van der Waals surface area (Å²) in [5.74, 6) is -3.47. The van der Waals surface area contributed by atoms with Gasteiger partial charge in [-0.3, -0.25) is 9.36 Å². The molecule has 0 aliphatic rings. The minimum Gasteiger partial charge on any atom is -0.478 e. The van der Waals surface area contributed by atoms with E-state index in [1.165, 1.54) is 36.0 Å². The molecule has 10 nitrogen and oxygen atoms in total. The number of nitrogens with zero attached hydrogens (tertiary/aromatic N) is 2. The van der Waals surface area contributed by atoms with Crippen molar-refractivity contribution >= 4 is 29.5 Å². The maximum absolute atomic E-state index is 11.4. The Morgan fingerprint density at radius 1 is 1.19 bits per heavy atom. The summed E-state index contributed by atoms with van der Waals surface area (Å²) in [4.78, 5) is 35.7. The molecule has 1 aromatic carbocycles. The minimum absolute atomic E-state index is 0.0618. The van der Waals surface area contributed by atoms with Crippen molar-refractivity contribution < 1.29 is 42.2 Å². The first-order valence-electron chi connectivity index (χ1n) is 8.24. The van der Waals surface area contributed by atoms with Gasteiger partial charge in [0.1, 0.15) is 5.69 Å². The summed E-state index contributed by atoms with van der Waals surface area (Å²) >= 11 is 0. The molecule has 0 saturated heterocycles. The largest absolute Gasteiger partial charge is 0.490 e. The number of halogens is 3. The fourth-order valence-electron chi connectivity index (χ4n) is 2.29. The minimum atomic E-state index is -5.08. The van der Waals surface area contributed by atoms with E-state index in [1.807, 2.05) is 0 Å². The molecular formula is C18H15F3N4O6. The van der Waals surface area contributed by atoms with Crippen molar-refractivity contribution in [3.63, 3.8) is 0 Å². The maximum Gasteiger partial charge on any atom is 0.490 e. The number of benzene rings is 1. The molecule has 5 N–H and O–H groups in total. The van der Waals surface area contributed by atoms with Crippen LogP contribution in [0.3, 0.4) is 0 Å². The Kier molecular flexibility index (Phi) is 6.69. The lowest BCUT2D eigenvalue weighted by Gasteiger charge is -2.12. The Bertz CT molecular complexity index is 1110. The highest BCUT2D eigenvalue weighted by molar-refractivity contribution is 5.94. The third-order valence-electron chi connectivity index (χ3n) is 3.56. The SMILES string of the molecule is CC(=O)Nc1ccc(C(=O)O)cc1-n1cc(-c2ccco2)nc1N.O=C(O)C(F)(F)F. The number of nitrogen functional groups attached to an aromatic ring is 1. The van der Waals surface area contributed by atoms with Gasteiger partial charge in [0.2, 0.25) is 11.9 Å². The number of imidazole rings is 1. The summed E-state index contributed by atoms with van der Waals surface area (Å²) in [7, 11) is 0. The Morgan fingerprint density at radius 3 is 2.32 bits per heavy atom. The van der Waals surface area contributed by atoms with Crippen LogP contribution in [-0.2, 0) is 9.59 Å². The summed E-state index contributed by atoms with van der Waals surface area (Å²) in [6, 6.07) is 7.77. The predicted molar refractivity (Wildman–Crippen MR) is 101 cm³/mol. The number of aromatic carboxylic acids is 1. The molecule has 0 aliphatic heterocycles. The van der Waals surface area contributed by atoms with E-state index in [-0.39, 0.29) is 17.4 Å². The van der Waals surface area contributed by atoms with Crippen molar-refractivity contribution in [3.05, 3.63) is 48.4 Å². The molecule has 0 unspecified atom stereocenters. The Labute approximate surface area is 171 Å². The van der Waals surface area contributed by atoms with Crippen LogP contribution < -0.4 is 11.1 Å². The van der Waals surface area contributed by atoms with E-state index in [1.54, 1.807) is 18.3 Å². The van der Waals surface area contributed by atoms with Gasteiger partial charge in [0.25, 0.3) is 0 Å². The first-order chi connectivity index (χ1) is 14.4. The van der Waals surface area contributed by atoms with Crippen molar-refractivity contribution in [2.75, 3.05) is 11.1 Å². The van der Waals surface area contributed by atoms with E-state index in [0.717, 1.165) is 0 Å². The molecule has 31 heavy (non-hydrogen) atoms. The van der Waals surface area contributed by atoms with Gasteiger partial charge < -0.3 is 25.7 Å². The molecule has 13 heteroatoms. The molecule has 2 aromatic heterocycles. The fourth-order valence-corrected chi connectivity index (χ4v) is 2.29. The van der Waals surface area contributed by atoms with Crippen LogP contribution in [0.25, 0.3) is 17.1 Å². The Hall–Kier alpha value is -4.29. The van der Waals surface area contributed by atoms with Gasteiger partial charge in [-0.25, -0.2) is 14.6 Å². The van der Waals surface area contributed by atoms with Gasteiger partial charge in [0, 0.05) is 13.1 Å². The number of hydrogen-bond acceptors (Lipinski definition) is 6. The van der Waals surface area contributed by atoms with E-state index in [2.05, 4.69) is 10.3 Å². The number of nitrogens with two attached hydrogens (primary N) is 1. The summed E-state index contributed by atoms with van der Waals surface area (Å²) in [5, 5.41) is 19.0. The number of rotatable bonds is 4. The zero-order chi connectivity index (χ0) is 23.3. The van der Waals surface area contributed by atoms with E-state index < -0.39 is 18.1 Å². The molecule has 3 aromatic rings. The highest BCUT2D eigenvalue weighted by atomic mass is 19.4. The van der Waals surface area contributed by atoms with Gasteiger partial charge in [-0.15, -0.1) is 0 Å². The number of amides is 1. The van der Waals surface area contributed by atoms with E-state index in [9.17, 15) is 27.9 Å². The summed E-state index contributed by atoms with van der Waals surface area (Å²) in [5.41, 5.74) is 7.33. The molecule has 164 valence electrons. The van der Waals surface area contributed by atoms with Gasteiger partial charge in [-0.2, -0.15) is 13.2 Å². The Balaban J connectivity index is 0.000000423. The number of aliphatic carboxylic acids is 1. The average Bonchev–Trinajstić information content (AvgIpc) is 3.31. The lowest BCUT2D eigenvalue weighted by atomic mass is 10.1. The smallest absolute Gasteiger partial charge is 0.478 e. The number of carbonyl (C=O) groups excluding carboxylic acids is 1. The van der Waals surface area contributed by atoms with Gasteiger partial charge in [0.15, 0.2) is 5.76 Å². The van der Waals surface area contributed by atoms with E-state index >= 15 is 0 Å². The summed E-state index contributed by atoms with van der Waals surface area (Å²) in [6.45, 7) is 1.36. The molecule has 0 aliphatic carbocycles. The van der Waals surface area contributed by atoms with Gasteiger partial charge in [-0.05, 0) is 30.3 Å². The number of hydrogen-bond donors (Lipinski definition) is 4. The summed E-state index contributed by atoms with van der Waals surface area (Å²) < 4.78 is 38.5. The standard InChI is InChI=1S/C16H14N4O4.C2HF3O2/c1-9(21)18-11-5-4-10(15(22)23)7-13(11)20-8-12(19-16(20)17)14-3-2-6-24-14;3-2(4,5)1(6)7/h2-8H,1H3,(H2,17,19)(H,18,21)(H,22,23);(H,6,7). The van der Waals surface area contributed by atoms with Gasteiger partial charge in [0.05, 0.1) is 23.2 Å². The number of nitrogens with one attached hydrogen (secondary N) is 1. The van der Waals surface area contributed by atoms with Crippen LogP contribution in [0, 0.1) is 0 Å². The van der Waals surface area contributed by atoms with Crippen LogP contribution in [0.15, 0.2) is 47.2 Å². The normalized spacial score (nSPS) is 10.7. The van der Waals surface area contributed by atoms with Crippen LogP contribution >= 0.6 is 0 Å². The van der Waals surface area contributed by atoms with Crippen LogP contribution in [-0.4, -0.2) is 43.8 Å². The maximum atomic E-state index is 11.4. The lowest BCUT2D eigenvalue weighted by Crippen LogP contribution is -2.21. The number of aromatic nitrogens is 2. The molecule has 2 heterocycles. The molecule has 1 amide bonds. The van der Waals surface area contributed by atoms with E-state index in [4.69, 9.17) is 20.1 Å². The van der Waals surface area contributed by atoms with Crippen molar-refractivity contribution in [2.45, 2.75) is 13.1 Å². The molecule has 0 spiro atoms. The number of alkyl halides is 3. The van der Waals surface area contributed by atoms with Crippen LogP contribution in [0.4, 0.5) is 24.8 Å². The second-order valence-corrected chi connectivity index (χ2v) is 5.85. The van der Waals surface area contributed by atoms with Gasteiger partial charge in [-0.1, -0.05) is 0 Å². The number of carboxylic acids is 2. The molecule has 3 rings (SSSR count). The molecule has 0 saturated carbocycles. The molecule has 0 radical (unpaired) electrons. The van der Waals surface area contributed by atoms with Gasteiger partial charge >= 0.3 is 18.1 Å². The van der Waals surface area contributed by atoms with E-state index in [0.29, 0.717) is 22.8 Å². The molecular weight excluding hydrogens is 425 g/mol. The summed E-state index contributed by atoms with van der Waals surface area (Å²) in [6.07, 6.45) is -1.96. The zero-order valence-electron chi connectivity index (χ0n) is 15.7. The van der Waals surface area contributed by atoms with Crippen molar-refractivity contribution in [1.29, 1.82) is 0 Å². The highest BCUT2D eigenvalue weighted by Crippen LogP contribution is 2.28. The second-order valence-electron chi connectivity index (χ2n) is 5.85. The highest BCUT2D eigenvalue weighted by Gasteiger charge is 2.38. The first-order valence-corrected chi connectivity index (χ1v) is 8.24. The van der Waals surface area contributed by atoms with Crippen LogP contribution in [0.5, 0.6) is 0 Å². The third-order valence-corrected chi connectivity index (χ3v) is 3.56. The number of carboxylic acid groups (broad SMARTS) is 2. The fraction of sp³-hybridized carbons (Fsp3) is 0.111. The quantitative estimate of drug-likeness (QED) is 0.481. The Morgan fingerprint density at radius 2 is 1.84 bits per heavy atom. The van der Waals surface area contributed by atoms with Crippen LogP contribution in [0.1, 0.15) is 17.3 Å². The lowest BCUT2D eigenvalue weighted by molar-refractivity contribution is -0.192. The molecule has 0 bridgehead atoms. The molecule has 0 atom stereocenters. The average molecular weight is 440 g/mol. The monoisotopic (exact) mass is 440 g/mol. The zero-order valence-corrected chi connectivity index (χ0v) is 15.7. The third kappa shape index (κ3) is 5.85. The molecule has 0 fully saturated rings. The predicted octanol–water partition coefficient (Wildman–Crippen LogP) is 3.00. The van der Waals surface area contributed by atoms with Crippen molar-refractivity contribution in [2.24, 2.45) is 0 Å². The number of carbonyl (C=O) groups is 3. The van der Waals surface area contributed by atoms with Crippen molar-refractivity contribution in [3.8, 4) is 17.1 Å². The second kappa shape index (κ2) is 9.02. The number of anilines is 2. The van der Waals surface area contributed by atoms with Crippen molar-refractivity contribution in [1.82, 2.24) is 9.55 Å². The number of furan rings is 1. The topological polar surface area (TPSA) is 161 Å². The van der Waals surface area contributed by atoms with Crippen LogP contribution in [0.2, 0.25) is 0 Å².